The molecule has 5 rings (SSSR count). The molecule has 0 radical (unpaired) electrons. The molecule has 1 aliphatic rings. The molecular formula is C36H35F6N7O2. The summed E-state index contributed by atoms with van der Waals surface area (Å²) in [6.45, 7) is 2.14. The first-order valence-electron chi connectivity index (χ1n) is 15.8. The van der Waals surface area contributed by atoms with Crippen LogP contribution in [0.3, 0.4) is 0 Å². The number of carbonyl (C=O) groups is 1. The van der Waals surface area contributed by atoms with E-state index in [4.69, 9.17) is 10.4 Å². The molecule has 268 valence electrons. The first kappa shape index (κ1) is 36.9. The summed E-state index contributed by atoms with van der Waals surface area (Å²) < 4.78 is 86.5. The molecule has 5 N–H and O–H groups in total. The number of amides is 1. The Morgan fingerprint density at radius 1 is 1.12 bits per heavy atom. The van der Waals surface area contributed by atoms with E-state index < -0.39 is 77.9 Å². The minimum Gasteiger partial charge on any atom is -0.378 e. The molecule has 2 heterocycles. The Kier molecular flexibility index (Phi) is 10.5. The number of nitrogens with zero attached hydrogens (tertiary/aromatic N) is 3. The number of aryl methyl sites for hydroxylation is 1. The van der Waals surface area contributed by atoms with Crippen LogP contribution in [0.15, 0.2) is 59.8 Å². The van der Waals surface area contributed by atoms with Crippen LogP contribution in [0.25, 0.3) is 22.0 Å². The third-order valence-electron chi connectivity index (χ3n) is 8.17. The highest BCUT2D eigenvalue weighted by atomic mass is 19.3. The molecule has 1 aliphatic carbocycles. The fourth-order valence-corrected chi connectivity index (χ4v) is 5.98. The fraction of sp³-hybridized carbons (Fsp3) is 0.333. The minimum atomic E-state index is -3.58. The predicted octanol–water partition coefficient (Wildman–Crippen LogP) is 6.04. The highest BCUT2D eigenvalue weighted by Gasteiger charge is 2.44. The number of fused-ring (bicyclic) bond motifs is 1. The maximum Gasteiger partial charge on any atom is 0.287 e. The van der Waals surface area contributed by atoms with E-state index in [9.17, 15) is 36.2 Å². The van der Waals surface area contributed by atoms with Gasteiger partial charge in [0.1, 0.15) is 28.6 Å². The second-order valence-electron chi connectivity index (χ2n) is 12.6. The monoisotopic (exact) mass is 711 g/mol. The molecule has 0 saturated carbocycles. The van der Waals surface area contributed by atoms with Gasteiger partial charge in [0, 0.05) is 48.7 Å². The van der Waals surface area contributed by atoms with Crippen molar-refractivity contribution in [2.75, 3.05) is 18.9 Å². The molecule has 2 aromatic carbocycles. The van der Waals surface area contributed by atoms with Gasteiger partial charge in [0.2, 0.25) is 5.91 Å². The zero-order valence-corrected chi connectivity index (χ0v) is 28.1. The van der Waals surface area contributed by atoms with Gasteiger partial charge >= 0.3 is 0 Å². The van der Waals surface area contributed by atoms with E-state index >= 15 is 0 Å². The molecule has 1 unspecified atom stereocenters. The lowest BCUT2D eigenvalue weighted by molar-refractivity contribution is -0.121. The summed E-state index contributed by atoms with van der Waals surface area (Å²) in [6, 6.07) is 10.4. The number of anilines is 1. The molecule has 15 heteroatoms. The van der Waals surface area contributed by atoms with Crippen LogP contribution < -0.4 is 16.0 Å². The maximum atomic E-state index is 14.7. The summed E-state index contributed by atoms with van der Waals surface area (Å²) in [4.78, 5) is 18.3. The lowest BCUT2D eigenvalue weighted by Crippen LogP contribution is -2.40. The van der Waals surface area contributed by atoms with E-state index in [0.29, 0.717) is 28.5 Å². The number of aliphatic hydroxyl groups is 1. The second kappa shape index (κ2) is 14.5. The fourth-order valence-electron chi connectivity index (χ4n) is 5.98. The molecule has 1 amide bonds. The van der Waals surface area contributed by atoms with Crippen molar-refractivity contribution in [2.45, 2.75) is 57.1 Å². The molecular weight excluding hydrogens is 676 g/mol. The van der Waals surface area contributed by atoms with Crippen molar-refractivity contribution in [2.24, 2.45) is 7.05 Å². The number of pyridine rings is 1. The van der Waals surface area contributed by atoms with Gasteiger partial charge in [-0.3, -0.25) is 14.9 Å². The number of alkyl halides is 4. The summed E-state index contributed by atoms with van der Waals surface area (Å²) >= 11 is 0. The van der Waals surface area contributed by atoms with Crippen LogP contribution in [0.4, 0.5) is 32.2 Å². The number of hydrogen-bond acceptors (Lipinski definition) is 7. The Morgan fingerprint density at radius 2 is 1.82 bits per heavy atom. The van der Waals surface area contributed by atoms with Crippen molar-refractivity contribution < 1.29 is 36.2 Å². The van der Waals surface area contributed by atoms with Crippen molar-refractivity contribution in [3.8, 4) is 23.0 Å². The molecule has 51 heavy (non-hydrogen) atoms. The van der Waals surface area contributed by atoms with E-state index in [1.165, 1.54) is 13.8 Å². The van der Waals surface area contributed by atoms with Crippen molar-refractivity contribution in [1.29, 1.82) is 5.41 Å². The normalized spacial score (nSPS) is 14.7. The summed E-state index contributed by atoms with van der Waals surface area (Å²) in [5, 5.41) is 31.2. The molecule has 0 bridgehead atoms. The highest BCUT2D eigenvalue weighted by molar-refractivity contribution is 6.02. The van der Waals surface area contributed by atoms with Crippen LogP contribution in [0, 0.1) is 28.9 Å². The van der Waals surface area contributed by atoms with Crippen LogP contribution >= 0.6 is 0 Å². The van der Waals surface area contributed by atoms with Gasteiger partial charge in [-0.1, -0.05) is 18.1 Å². The minimum absolute atomic E-state index is 0.125. The van der Waals surface area contributed by atoms with Crippen molar-refractivity contribution in [1.82, 2.24) is 25.4 Å². The van der Waals surface area contributed by atoms with Gasteiger partial charge in [-0.15, -0.1) is 0 Å². The van der Waals surface area contributed by atoms with E-state index in [1.807, 2.05) is 6.07 Å². The van der Waals surface area contributed by atoms with Crippen molar-refractivity contribution in [3.63, 3.8) is 0 Å². The first-order valence-corrected chi connectivity index (χ1v) is 15.8. The third kappa shape index (κ3) is 8.34. The van der Waals surface area contributed by atoms with Gasteiger partial charge in [-0.2, -0.15) is 13.9 Å². The molecule has 9 nitrogen and oxygen atoms in total. The van der Waals surface area contributed by atoms with E-state index in [-0.39, 0.29) is 23.4 Å². The summed E-state index contributed by atoms with van der Waals surface area (Å²) in [5.74, 6) is -0.157. The van der Waals surface area contributed by atoms with Gasteiger partial charge < -0.3 is 21.1 Å². The first-order chi connectivity index (χ1) is 24.0. The number of para-hydroxylation sites is 1. The van der Waals surface area contributed by atoms with Gasteiger partial charge in [0.25, 0.3) is 12.3 Å². The van der Waals surface area contributed by atoms with Crippen LogP contribution in [0.5, 0.6) is 0 Å². The van der Waals surface area contributed by atoms with Crippen LogP contribution in [0.2, 0.25) is 0 Å². The van der Waals surface area contributed by atoms with E-state index in [1.54, 1.807) is 43.0 Å². The standard InChI is InChI=1S/C36H35F6N7O2/c1-35(2,51)12-10-22-8-9-23(24-6-5-7-26-31(24)49(4)48-34(26)44-3)30(46-22)27(16-19-14-20(37)17-21(38)15-19)47-28(50)18-45-32-25(29(43)33(39)40)11-13-36(32,41)42/h5-9,14-15,17,27,33,43,45,51H,11,13,16,18H2,1-4H3,(H,44,48)(H,47,50). The summed E-state index contributed by atoms with van der Waals surface area (Å²) in [7, 11) is 3.45. The van der Waals surface area contributed by atoms with Crippen LogP contribution in [-0.4, -0.2) is 63.0 Å². The number of nitrogens with one attached hydrogen (secondary N) is 4. The predicted molar refractivity (Wildman–Crippen MR) is 181 cm³/mol. The Morgan fingerprint density at radius 3 is 2.47 bits per heavy atom. The number of carbonyl (C=O) groups excluding carboxylic acids is 1. The quantitative estimate of drug-likeness (QED) is 0.0735. The highest BCUT2D eigenvalue weighted by Crippen LogP contribution is 2.40. The number of benzene rings is 2. The Hall–Kier alpha value is -5.36. The average molecular weight is 712 g/mol. The number of halogens is 6. The van der Waals surface area contributed by atoms with Crippen molar-refractivity contribution in [3.05, 3.63) is 88.4 Å². The number of allylic oxidation sites excluding steroid dienone is 2. The molecule has 0 aliphatic heterocycles. The Balaban J connectivity index is 1.63. The van der Waals surface area contributed by atoms with E-state index in [2.05, 4.69) is 32.9 Å². The summed E-state index contributed by atoms with van der Waals surface area (Å²) in [5.41, 5.74) is -1.91. The third-order valence-corrected chi connectivity index (χ3v) is 8.17. The van der Waals surface area contributed by atoms with E-state index in [0.717, 1.165) is 17.5 Å². The molecule has 0 spiro atoms. The van der Waals surface area contributed by atoms with Gasteiger partial charge in [0.05, 0.1) is 29.5 Å². The number of rotatable bonds is 11. The smallest absolute Gasteiger partial charge is 0.287 e. The zero-order valence-electron chi connectivity index (χ0n) is 28.1. The van der Waals surface area contributed by atoms with Gasteiger partial charge in [-0.05, 0) is 68.5 Å². The van der Waals surface area contributed by atoms with Crippen LogP contribution in [-0.2, 0) is 18.3 Å². The molecule has 0 saturated heterocycles. The van der Waals surface area contributed by atoms with Crippen LogP contribution in [0.1, 0.15) is 49.7 Å². The molecule has 4 aromatic rings. The maximum absolute atomic E-state index is 14.7. The van der Waals surface area contributed by atoms with Crippen molar-refractivity contribution >= 4 is 28.3 Å². The SMILES string of the molecule is CNc1nn(C)c2c(-c3ccc(C#CC(C)(C)O)nc3C(Cc3cc(F)cc(F)c3)NC(=O)CNC3=C(C(=N)C(F)F)CCC3(F)F)cccc12. The summed E-state index contributed by atoms with van der Waals surface area (Å²) in [6.07, 6.45) is -4.81. The van der Waals surface area contributed by atoms with Gasteiger partial charge in [-0.25, -0.2) is 22.5 Å². The lowest BCUT2D eigenvalue weighted by Gasteiger charge is -2.23. The number of aromatic nitrogens is 3. The molecule has 0 fully saturated rings. The lowest BCUT2D eigenvalue weighted by atomic mass is 9.93. The number of hydrogen-bond donors (Lipinski definition) is 5. The average Bonchev–Trinajstić information content (AvgIpc) is 3.55. The topological polar surface area (TPSA) is 128 Å². The zero-order chi connectivity index (χ0) is 37.2. The Bertz CT molecular complexity index is 2070. The molecule has 1 atom stereocenters. The second-order valence-corrected chi connectivity index (χ2v) is 12.6. The molecule has 2 aromatic heterocycles. The van der Waals surface area contributed by atoms with Gasteiger partial charge in [0.15, 0.2) is 5.82 Å². The largest absolute Gasteiger partial charge is 0.378 e. The Labute approximate surface area is 289 Å².